The molecule has 0 radical (unpaired) electrons. The van der Waals surface area contributed by atoms with Gasteiger partial charge in [-0.3, -0.25) is 4.79 Å². The van der Waals surface area contributed by atoms with E-state index in [1.54, 1.807) is 17.0 Å². The third-order valence-corrected chi connectivity index (χ3v) is 4.64. The fourth-order valence-electron chi connectivity index (χ4n) is 2.08. The number of morpholine rings is 1. The van der Waals surface area contributed by atoms with E-state index < -0.39 is 9.84 Å². The lowest BCUT2D eigenvalue weighted by Crippen LogP contribution is -2.49. The minimum atomic E-state index is -3.33. The van der Waals surface area contributed by atoms with Gasteiger partial charge in [0.05, 0.1) is 24.2 Å². The molecule has 1 aliphatic heterocycles. The zero-order valence-electron chi connectivity index (χ0n) is 11.1. The van der Waals surface area contributed by atoms with Crippen molar-refractivity contribution in [3.05, 3.63) is 29.8 Å². The van der Waals surface area contributed by atoms with E-state index >= 15 is 0 Å². The highest BCUT2D eigenvalue weighted by molar-refractivity contribution is 7.90. The van der Waals surface area contributed by atoms with Gasteiger partial charge in [0.2, 0.25) is 0 Å². The molecular formula is C13H16ClNO4S. The summed E-state index contributed by atoms with van der Waals surface area (Å²) in [7, 11) is -3.33. The maximum atomic E-state index is 12.5. The number of carbonyl (C=O) groups is 1. The number of halogens is 1. The summed E-state index contributed by atoms with van der Waals surface area (Å²) in [6, 6.07) is 5.88. The number of alkyl halides is 1. The van der Waals surface area contributed by atoms with Crippen molar-refractivity contribution in [1.29, 1.82) is 0 Å². The molecule has 0 aliphatic carbocycles. The highest BCUT2D eigenvalue weighted by Gasteiger charge is 2.27. The second kappa shape index (κ2) is 6.11. The summed E-state index contributed by atoms with van der Waals surface area (Å²) in [5.74, 6) is 0.0711. The first-order valence-corrected chi connectivity index (χ1v) is 8.61. The molecule has 110 valence electrons. The first kappa shape index (κ1) is 15.3. The average Bonchev–Trinajstić information content (AvgIpc) is 2.45. The van der Waals surface area contributed by atoms with Crippen LogP contribution in [-0.4, -0.2) is 57.2 Å². The fraction of sp³-hybridized carbons (Fsp3) is 0.462. The Morgan fingerprint density at radius 2 is 2.25 bits per heavy atom. The number of sulfone groups is 1. The number of benzene rings is 1. The Morgan fingerprint density at radius 1 is 1.50 bits per heavy atom. The predicted molar refractivity (Wildman–Crippen MR) is 75.9 cm³/mol. The van der Waals surface area contributed by atoms with Crippen LogP contribution in [0.1, 0.15) is 10.4 Å². The van der Waals surface area contributed by atoms with E-state index in [9.17, 15) is 13.2 Å². The second-order valence-electron chi connectivity index (χ2n) is 4.68. The minimum Gasteiger partial charge on any atom is -0.377 e. The van der Waals surface area contributed by atoms with Gasteiger partial charge < -0.3 is 9.64 Å². The van der Waals surface area contributed by atoms with Gasteiger partial charge in [-0.1, -0.05) is 6.07 Å². The molecule has 1 unspecified atom stereocenters. The summed E-state index contributed by atoms with van der Waals surface area (Å²) in [4.78, 5) is 14.2. The van der Waals surface area contributed by atoms with E-state index in [0.29, 0.717) is 25.3 Å². The van der Waals surface area contributed by atoms with Crippen molar-refractivity contribution in [2.75, 3.05) is 31.9 Å². The van der Waals surface area contributed by atoms with Crippen LogP contribution >= 0.6 is 11.6 Å². The largest absolute Gasteiger partial charge is 0.377 e. The van der Waals surface area contributed by atoms with Crippen molar-refractivity contribution in [1.82, 2.24) is 4.90 Å². The molecule has 1 atom stereocenters. The molecule has 1 aromatic rings. The van der Waals surface area contributed by atoms with E-state index in [1.165, 1.54) is 12.1 Å². The van der Waals surface area contributed by atoms with Gasteiger partial charge in [-0.2, -0.15) is 0 Å². The number of carbonyl (C=O) groups excluding carboxylic acids is 1. The lowest BCUT2D eigenvalue weighted by atomic mass is 10.1. The van der Waals surface area contributed by atoms with Crippen molar-refractivity contribution in [3.63, 3.8) is 0 Å². The second-order valence-corrected chi connectivity index (χ2v) is 7.01. The lowest BCUT2D eigenvalue weighted by molar-refractivity contribution is 0.00455. The molecule has 0 bridgehead atoms. The molecule has 0 saturated carbocycles. The monoisotopic (exact) mass is 317 g/mol. The number of hydrogen-bond donors (Lipinski definition) is 0. The highest BCUT2D eigenvalue weighted by atomic mass is 35.5. The molecule has 0 aromatic heterocycles. The van der Waals surface area contributed by atoms with E-state index in [2.05, 4.69) is 0 Å². The van der Waals surface area contributed by atoms with Gasteiger partial charge in [0.1, 0.15) is 0 Å². The summed E-state index contributed by atoms with van der Waals surface area (Å²) < 4.78 is 28.4. The summed E-state index contributed by atoms with van der Waals surface area (Å²) in [5, 5.41) is 0. The molecule has 1 aromatic carbocycles. The first-order chi connectivity index (χ1) is 9.43. The fourth-order valence-corrected chi connectivity index (χ4v) is 3.00. The quantitative estimate of drug-likeness (QED) is 0.785. The molecular weight excluding hydrogens is 302 g/mol. The maximum absolute atomic E-state index is 12.5. The van der Waals surface area contributed by atoms with Crippen LogP contribution in [0.25, 0.3) is 0 Å². The summed E-state index contributed by atoms with van der Waals surface area (Å²) in [6.45, 7) is 1.32. The highest BCUT2D eigenvalue weighted by Crippen LogP contribution is 2.17. The summed E-state index contributed by atoms with van der Waals surface area (Å²) in [6.07, 6.45) is 1.12. The van der Waals surface area contributed by atoms with Crippen molar-refractivity contribution >= 4 is 27.3 Å². The van der Waals surface area contributed by atoms with Gasteiger partial charge in [0, 0.05) is 24.2 Å². The van der Waals surface area contributed by atoms with Crippen LogP contribution in [0.3, 0.4) is 0 Å². The molecule has 20 heavy (non-hydrogen) atoms. The Kier molecular flexibility index (Phi) is 4.67. The van der Waals surface area contributed by atoms with Crippen LogP contribution in [0.4, 0.5) is 0 Å². The Morgan fingerprint density at radius 3 is 2.90 bits per heavy atom. The minimum absolute atomic E-state index is 0.138. The van der Waals surface area contributed by atoms with Crippen molar-refractivity contribution in [2.45, 2.75) is 10.9 Å². The van der Waals surface area contributed by atoms with Crippen LogP contribution in [0.5, 0.6) is 0 Å². The first-order valence-electron chi connectivity index (χ1n) is 6.18. The lowest BCUT2D eigenvalue weighted by Gasteiger charge is -2.34. The van der Waals surface area contributed by atoms with Gasteiger partial charge in [-0.05, 0) is 18.2 Å². The normalized spacial score (nSPS) is 19.9. The van der Waals surface area contributed by atoms with Crippen LogP contribution in [-0.2, 0) is 14.6 Å². The molecule has 1 saturated heterocycles. The third-order valence-electron chi connectivity index (χ3n) is 3.18. The summed E-state index contributed by atoms with van der Waals surface area (Å²) in [5.41, 5.74) is 0.352. The molecule has 0 N–H and O–H groups in total. The Labute approximate surface area is 123 Å². The third kappa shape index (κ3) is 3.31. The molecule has 5 nitrogen and oxygen atoms in total. The Balaban J connectivity index is 2.29. The maximum Gasteiger partial charge on any atom is 0.254 e. The average molecular weight is 318 g/mol. The standard InChI is InChI=1S/C13H16ClNO4S/c1-20(17,18)12-4-2-3-10(7-12)13(16)15-5-6-19-9-11(15)8-14/h2-4,7,11H,5-6,8-9H2,1H3. The van der Waals surface area contributed by atoms with Crippen LogP contribution < -0.4 is 0 Å². The van der Waals surface area contributed by atoms with E-state index in [1.807, 2.05) is 0 Å². The molecule has 0 spiro atoms. The number of ether oxygens (including phenoxy) is 1. The Bertz CT molecular complexity index is 602. The smallest absolute Gasteiger partial charge is 0.254 e. The zero-order valence-corrected chi connectivity index (χ0v) is 12.7. The van der Waals surface area contributed by atoms with Crippen LogP contribution in [0.15, 0.2) is 29.2 Å². The van der Waals surface area contributed by atoms with Crippen molar-refractivity contribution < 1.29 is 17.9 Å². The molecule has 1 amide bonds. The van der Waals surface area contributed by atoms with Crippen molar-refractivity contribution in [2.24, 2.45) is 0 Å². The van der Waals surface area contributed by atoms with Crippen molar-refractivity contribution in [3.8, 4) is 0 Å². The van der Waals surface area contributed by atoms with Gasteiger partial charge >= 0.3 is 0 Å². The predicted octanol–water partition coefficient (Wildman–Crippen LogP) is 1.17. The molecule has 1 heterocycles. The molecule has 7 heteroatoms. The van der Waals surface area contributed by atoms with Gasteiger partial charge in [-0.15, -0.1) is 11.6 Å². The van der Waals surface area contributed by atoms with E-state index in [4.69, 9.17) is 16.3 Å². The number of rotatable bonds is 3. The SMILES string of the molecule is CS(=O)(=O)c1cccc(C(=O)N2CCOCC2CCl)c1. The number of hydrogen-bond acceptors (Lipinski definition) is 4. The molecule has 1 aliphatic rings. The summed E-state index contributed by atoms with van der Waals surface area (Å²) >= 11 is 5.84. The van der Waals surface area contributed by atoms with Gasteiger partial charge in [-0.25, -0.2) is 8.42 Å². The van der Waals surface area contributed by atoms with E-state index in [-0.39, 0.29) is 22.7 Å². The van der Waals surface area contributed by atoms with Gasteiger partial charge in [0.15, 0.2) is 9.84 Å². The number of amides is 1. The zero-order chi connectivity index (χ0) is 14.8. The Hall–Kier alpha value is -1.11. The van der Waals surface area contributed by atoms with Gasteiger partial charge in [0.25, 0.3) is 5.91 Å². The molecule has 1 fully saturated rings. The van der Waals surface area contributed by atoms with Crippen LogP contribution in [0, 0.1) is 0 Å². The molecule has 2 rings (SSSR count). The topological polar surface area (TPSA) is 63.7 Å². The number of nitrogens with zero attached hydrogens (tertiary/aromatic N) is 1. The van der Waals surface area contributed by atoms with Crippen LogP contribution in [0.2, 0.25) is 0 Å². The van der Waals surface area contributed by atoms with E-state index in [0.717, 1.165) is 6.26 Å².